The molecule has 0 spiro atoms. The Balaban J connectivity index is 1.98. The molecule has 6 heteroatoms. The van der Waals surface area contributed by atoms with E-state index in [4.69, 9.17) is 19.2 Å². The van der Waals surface area contributed by atoms with Crippen LogP contribution in [0.3, 0.4) is 0 Å². The zero-order valence-corrected chi connectivity index (χ0v) is 18.3. The number of aryl methyl sites for hydroxylation is 1. The summed E-state index contributed by atoms with van der Waals surface area (Å²) in [5.41, 5.74) is 3.83. The minimum absolute atomic E-state index is 0.279. The SMILES string of the molecule is COc1cc2c(c(OC)c1OC)-c1ccc(O)c(=O)cc1C(N=Cc1ccccc1)CC2. The maximum Gasteiger partial charge on any atom is 0.220 e. The van der Waals surface area contributed by atoms with Gasteiger partial charge in [0.2, 0.25) is 11.2 Å². The highest BCUT2D eigenvalue weighted by molar-refractivity contribution is 5.84. The second kappa shape index (κ2) is 9.14. The van der Waals surface area contributed by atoms with Crippen molar-refractivity contribution in [3.8, 4) is 34.1 Å². The lowest BCUT2D eigenvalue weighted by Gasteiger charge is -2.19. The normalized spacial score (nSPS) is 14.9. The Bertz CT molecular complexity index is 1220. The van der Waals surface area contributed by atoms with E-state index >= 15 is 0 Å². The number of nitrogens with zero attached hydrogens (tertiary/aromatic N) is 1. The predicted molar refractivity (Wildman–Crippen MR) is 125 cm³/mol. The van der Waals surface area contributed by atoms with Gasteiger partial charge in [0.1, 0.15) is 0 Å². The third-order valence-electron chi connectivity index (χ3n) is 5.69. The molecule has 32 heavy (non-hydrogen) atoms. The van der Waals surface area contributed by atoms with Crippen molar-refractivity contribution in [1.82, 2.24) is 0 Å². The summed E-state index contributed by atoms with van der Waals surface area (Å²) in [7, 11) is 4.72. The third-order valence-corrected chi connectivity index (χ3v) is 5.69. The number of benzene rings is 2. The molecule has 1 atom stereocenters. The summed E-state index contributed by atoms with van der Waals surface area (Å²) in [6.07, 6.45) is 3.19. The topological polar surface area (TPSA) is 77.4 Å². The lowest BCUT2D eigenvalue weighted by molar-refractivity contribution is 0.324. The van der Waals surface area contributed by atoms with E-state index in [1.165, 1.54) is 12.1 Å². The Morgan fingerprint density at radius 2 is 1.72 bits per heavy atom. The van der Waals surface area contributed by atoms with Crippen LogP contribution in [0.1, 0.15) is 29.2 Å². The van der Waals surface area contributed by atoms with Gasteiger partial charge >= 0.3 is 0 Å². The van der Waals surface area contributed by atoms with Crippen LogP contribution in [0.5, 0.6) is 23.0 Å². The monoisotopic (exact) mass is 431 g/mol. The molecular formula is C26H25NO5. The average Bonchev–Trinajstić information content (AvgIpc) is 3.06. The van der Waals surface area contributed by atoms with Crippen molar-refractivity contribution in [3.05, 3.63) is 81.5 Å². The highest BCUT2D eigenvalue weighted by Gasteiger charge is 2.28. The van der Waals surface area contributed by atoms with E-state index < -0.39 is 5.43 Å². The van der Waals surface area contributed by atoms with Crippen molar-refractivity contribution >= 4 is 6.21 Å². The Labute approximate surface area is 186 Å². The second-order valence-corrected chi connectivity index (χ2v) is 7.52. The molecule has 1 N–H and O–H groups in total. The van der Waals surface area contributed by atoms with Gasteiger partial charge in [0, 0.05) is 11.8 Å². The number of aliphatic imine (C=N–C) groups is 1. The van der Waals surface area contributed by atoms with Gasteiger partial charge in [-0.25, -0.2) is 0 Å². The lowest BCUT2D eigenvalue weighted by Crippen LogP contribution is -2.02. The van der Waals surface area contributed by atoms with Crippen LogP contribution in [-0.4, -0.2) is 32.7 Å². The molecule has 1 aliphatic carbocycles. The van der Waals surface area contributed by atoms with Crippen LogP contribution in [0.4, 0.5) is 0 Å². The summed E-state index contributed by atoms with van der Waals surface area (Å²) in [5, 5.41) is 10.1. The van der Waals surface area contributed by atoms with Gasteiger partial charge in [0.05, 0.1) is 27.4 Å². The first kappa shape index (κ1) is 21.4. The van der Waals surface area contributed by atoms with Gasteiger partial charge in [0.25, 0.3) is 0 Å². The number of methoxy groups -OCH3 is 3. The molecule has 4 rings (SSSR count). The van der Waals surface area contributed by atoms with Gasteiger partial charge in [-0.1, -0.05) is 36.4 Å². The molecule has 0 amide bonds. The molecule has 0 saturated heterocycles. The minimum Gasteiger partial charge on any atom is -0.504 e. The summed E-state index contributed by atoms with van der Waals surface area (Å²) in [5.74, 6) is 1.26. The van der Waals surface area contributed by atoms with E-state index in [1.807, 2.05) is 42.6 Å². The highest BCUT2D eigenvalue weighted by Crippen LogP contribution is 2.50. The van der Waals surface area contributed by atoms with E-state index in [0.29, 0.717) is 30.1 Å². The number of aromatic hydroxyl groups is 1. The average molecular weight is 431 g/mol. The molecule has 164 valence electrons. The third kappa shape index (κ3) is 3.91. The van der Waals surface area contributed by atoms with Crippen molar-refractivity contribution in [2.75, 3.05) is 21.3 Å². The van der Waals surface area contributed by atoms with Gasteiger partial charge in [-0.05, 0) is 53.3 Å². The summed E-state index contributed by atoms with van der Waals surface area (Å²) in [4.78, 5) is 17.4. The molecule has 0 radical (unpaired) electrons. The lowest BCUT2D eigenvalue weighted by atomic mass is 9.95. The van der Waals surface area contributed by atoms with Crippen molar-refractivity contribution in [1.29, 1.82) is 0 Å². The maximum atomic E-state index is 12.5. The summed E-state index contributed by atoms with van der Waals surface area (Å²) < 4.78 is 16.9. The summed E-state index contributed by atoms with van der Waals surface area (Å²) >= 11 is 0. The molecule has 0 bridgehead atoms. The van der Waals surface area contributed by atoms with Crippen molar-refractivity contribution in [2.45, 2.75) is 18.9 Å². The number of fused-ring (bicyclic) bond motifs is 3. The molecule has 0 heterocycles. The first-order valence-corrected chi connectivity index (χ1v) is 10.3. The van der Waals surface area contributed by atoms with Gasteiger partial charge in [-0.3, -0.25) is 9.79 Å². The predicted octanol–water partition coefficient (Wildman–Crippen LogP) is 4.55. The smallest absolute Gasteiger partial charge is 0.220 e. The van der Waals surface area contributed by atoms with Gasteiger partial charge < -0.3 is 19.3 Å². The first-order valence-electron chi connectivity index (χ1n) is 10.3. The highest BCUT2D eigenvalue weighted by atomic mass is 16.5. The van der Waals surface area contributed by atoms with Crippen molar-refractivity contribution in [2.24, 2.45) is 4.99 Å². The summed E-state index contributed by atoms with van der Waals surface area (Å²) in [6.45, 7) is 0. The van der Waals surface area contributed by atoms with Crippen LogP contribution in [-0.2, 0) is 6.42 Å². The number of ether oxygens (including phenoxy) is 3. The van der Waals surface area contributed by atoms with Crippen LogP contribution in [0.2, 0.25) is 0 Å². The van der Waals surface area contributed by atoms with E-state index in [2.05, 4.69) is 0 Å². The van der Waals surface area contributed by atoms with Crippen molar-refractivity contribution < 1.29 is 19.3 Å². The minimum atomic E-state index is -0.450. The van der Waals surface area contributed by atoms with Crippen LogP contribution < -0.4 is 19.6 Å². The van der Waals surface area contributed by atoms with E-state index in [0.717, 1.165) is 27.8 Å². The van der Waals surface area contributed by atoms with Crippen LogP contribution in [0, 0.1) is 0 Å². The molecule has 3 aromatic carbocycles. The molecule has 0 aromatic heterocycles. The molecule has 6 nitrogen and oxygen atoms in total. The Morgan fingerprint density at radius 3 is 2.41 bits per heavy atom. The van der Waals surface area contributed by atoms with E-state index in [9.17, 15) is 9.90 Å². The van der Waals surface area contributed by atoms with Gasteiger partial charge in [0.15, 0.2) is 17.2 Å². The Hall–Kier alpha value is -3.80. The zero-order chi connectivity index (χ0) is 22.7. The van der Waals surface area contributed by atoms with Gasteiger partial charge in [-0.2, -0.15) is 0 Å². The standard InChI is InChI=1S/C26H25NO5/c1-30-23-13-17-9-11-20(27-15-16-7-5-4-6-8-16)19-14-22(29)21(28)12-10-18(19)24(17)26(32-3)25(23)31-2/h4-8,10,12-15,20H,9,11H2,1-3H3,(H,28,29). The number of hydrogen-bond donors (Lipinski definition) is 1. The molecule has 1 unspecified atom stereocenters. The maximum absolute atomic E-state index is 12.5. The molecule has 0 fully saturated rings. The molecule has 0 aliphatic heterocycles. The van der Waals surface area contributed by atoms with Crippen LogP contribution >= 0.6 is 0 Å². The van der Waals surface area contributed by atoms with Crippen LogP contribution in [0.25, 0.3) is 11.1 Å². The Kier molecular flexibility index (Phi) is 6.12. The van der Waals surface area contributed by atoms with Gasteiger partial charge in [-0.15, -0.1) is 0 Å². The number of rotatable bonds is 5. The second-order valence-electron chi connectivity index (χ2n) is 7.52. The van der Waals surface area contributed by atoms with Crippen LogP contribution in [0.15, 0.2) is 64.4 Å². The number of hydrogen-bond acceptors (Lipinski definition) is 6. The fourth-order valence-electron chi connectivity index (χ4n) is 4.15. The Morgan fingerprint density at radius 1 is 0.969 bits per heavy atom. The first-order chi connectivity index (χ1) is 15.6. The quantitative estimate of drug-likeness (QED) is 0.600. The molecular weight excluding hydrogens is 406 g/mol. The van der Waals surface area contributed by atoms with Crippen molar-refractivity contribution in [3.63, 3.8) is 0 Å². The van der Waals surface area contributed by atoms with E-state index in [-0.39, 0.29) is 11.8 Å². The molecule has 3 aromatic rings. The fraction of sp³-hybridized carbons (Fsp3) is 0.231. The zero-order valence-electron chi connectivity index (χ0n) is 18.3. The summed E-state index contributed by atoms with van der Waals surface area (Å²) in [6, 6.07) is 16.1. The van der Waals surface area contributed by atoms with E-state index in [1.54, 1.807) is 27.4 Å². The fourth-order valence-corrected chi connectivity index (χ4v) is 4.15. The molecule has 0 saturated carbocycles. The largest absolute Gasteiger partial charge is 0.504 e. The molecule has 1 aliphatic rings.